The molecule has 259 valence electrons. The quantitative estimate of drug-likeness (QED) is 0.141. The number of halogens is 2. The van der Waals surface area contributed by atoms with Crippen LogP contribution < -0.4 is 0 Å². The summed E-state index contributed by atoms with van der Waals surface area (Å²) in [7, 11) is 17.6. The zero-order chi connectivity index (χ0) is 35.5. The molecule has 0 N–H and O–H groups in total. The van der Waals surface area contributed by atoms with E-state index in [4.69, 9.17) is 17.0 Å². The second-order valence-electron chi connectivity index (χ2n) is 16.2. The van der Waals surface area contributed by atoms with Gasteiger partial charge in [-0.25, -0.2) is 0 Å². The Hall–Kier alpha value is -3.00. The molecule has 0 fully saturated rings. The SMILES string of the molecule is CCC1=Cc2c(-c3ccc4c5c(cccc35)CC4)cccc2[CH]1[Zr]([Cl])([Cl])([CH]1C(CC)=Cc2c(-c3ccc4c5c(cccc35)CC4)cccc21)[SiH](C)C. The van der Waals surface area contributed by atoms with Crippen molar-refractivity contribution >= 4 is 56.6 Å². The Balaban J connectivity index is 1.17. The van der Waals surface area contributed by atoms with E-state index in [9.17, 15) is 0 Å². The summed E-state index contributed by atoms with van der Waals surface area (Å²) in [6.45, 7) is 9.59. The van der Waals surface area contributed by atoms with Gasteiger partial charge in [0.1, 0.15) is 0 Å². The molecule has 2 atom stereocenters. The van der Waals surface area contributed by atoms with E-state index in [2.05, 4.69) is 136 Å². The summed E-state index contributed by atoms with van der Waals surface area (Å²) in [5, 5.41) is 5.70. The Kier molecular flexibility index (Phi) is 7.74. The molecular formula is C48H45Cl2SiZr. The number of rotatable bonds is 7. The fourth-order valence-electron chi connectivity index (χ4n) is 11.1. The molecule has 6 aromatic rings. The molecule has 4 aliphatic carbocycles. The number of hydrogen-bond acceptors (Lipinski definition) is 0. The summed E-state index contributed by atoms with van der Waals surface area (Å²) < 4.78 is 0.194. The minimum absolute atomic E-state index is 0.0968. The average molecular weight is 812 g/mol. The summed E-state index contributed by atoms with van der Waals surface area (Å²) in [6.07, 6.45) is 11.5. The first-order valence-corrected chi connectivity index (χ1v) is 35.9. The van der Waals surface area contributed by atoms with Gasteiger partial charge in [-0.3, -0.25) is 0 Å². The van der Waals surface area contributed by atoms with E-state index in [1.165, 1.54) is 99.5 Å². The van der Waals surface area contributed by atoms with Gasteiger partial charge in [-0.2, -0.15) is 0 Å². The number of benzene rings is 6. The van der Waals surface area contributed by atoms with Crippen LogP contribution in [0.3, 0.4) is 0 Å². The molecule has 0 saturated heterocycles. The molecule has 0 spiro atoms. The number of allylic oxidation sites excluding steroid dienone is 2. The maximum atomic E-state index is 8.79. The van der Waals surface area contributed by atoms with Crippen LogP contribution >= 0.6 is 17.0 Å². The van der Waals surface area contributed by atoms with Crippen molar-refractivity contribution < 1.29 is 15.6 Å². The molecule has 0 aliphatic heterocycles. The maximum absolute atomic E-state index is 8.79. The minimum atomic E-state index is -4.88. The van der Waals surface area contributed by atoms with Crippen LogP contribution in [0.25, 0.3) is 56.0 Å². The van der Waals surface area contributed by atoms with Crippen molar-refractivity contribution in [3.8, 4) is 22.3 Å². The summed E-state index contributed by atoms with van der Waals surface area (Å²) in [6, 6.07) is 37.4. The normalized spacial score (nSPS) is 19.2. The summed E-state index contributed by atoms with van der Waals surface area (Å²) in [5.74, 6) is -1.66. The van der Waals surface area contributed by atoms with Crippen LogP contribution in [0.15, 0.2) is 108 Å². The molecule has 0 nitrogen and oxygen atoms in total. The van der Waals surface area contributed by atoms with Crippen molar-refractivity contribution in [1.29, 1.82) is 0 Å². The third-order valence-corrected chi connectivity index (χ3v) is 65.5. The van der Waals surface area contributed by atoms with Crippen LogP contribution in [0, 0.1) is 0 Å². The van der Waals surface area contributed by atoms with Gasteiger partial charge in [0.2, 0.25) is 0 Å². The number of hydrogen-bond donors (Lipinski definition) is 0. The first kappa shape index (κ1) is 33.6. The van der Waals surface area contributed by atoms with E-state index in [0.29, 0.717) is 0 Å². The third-order valence-electron chi connectivity index (χ3n) is 13.7. The van der Waals surface area contributed by atoms with Gasteiger partial charge >= 0.3 is 320 Å². The Morgan fingerprint density at radius 1 is 0.519 bits per heavy atom. The zero-order valence-electron chi connectivity index (χ0n) is 30.6. The van der Waals surface area contributed by atoms with E-state index >= 15 is 0 Å². The number of fused-ring (bicyclic) bond motifs is 2. The van der Waals surface area contributed by atoms with E-state index in [1.54, 1.807) is 0 Å². The van der Waals surface area contributed by atoms with Gasteiger partial charge in [0, 0.05) is 0 Å². The Bertz CT molecular complexity index is 2400. The van der Waals surface area contributed by atoms with Crippen LogP contribution in [-0.2, 0) is 41.2 Å². The van der Waals surface area contributed by atoms with Gasteiger partial charge in [-0.05, 0) is 0 Å². The van der Waals surface area contributed by atoms with Crippen molar-refractivity contribution in [1.82, 2.24) is 0 Å². The predicted octanol–water partition coefficient (Wildman–Crippen LogP) is 13.9. The number of aryl methyl sites for hydroxylation is 4. The first-order chi connectivity index (χ1) is 25.2. The fraction of sp³-hybridized carbons (Fsp3) is 0.250. The van der Waals surface area contributed by atoms with Crippen molar-refractivity contribution in [3.05, 3.63) is 153 Å². The fourth-order valence-corrected chi connectivity index (χ4v) is 42.9. The molecule has 4 heteroatoms. The van der Waals surface area contributed by atoms with Gasteiger partial charge in [0.25, 0.3) is 0 Å². The van der Waals surface area contributed by atoms with Crippen LogP contribution in [0.1, 0.15) is 78.4 Å². The Labute approximate surface area is 317 Å². The summed E-state index contributed by atoms with van der Waals surface area (Å²) in [5.41, 5.74) is 19.6. The monoisotopic (exact) mass is 809 g/mol. The van der Waals surface area contributed by atoms with E-state index in [0.717, 1.165) is 38.5 Å². The third kappa shape index (κ3) is 4.48. The molecule has 6 aromatic carbocycles. The molecule has 2 unspecified atom stereocenters. The summed E-state index contributed by atoms with van der Waals surface area (Å²) in [4.78, 5) is 0. The van der Waals surface area contributed by atoms with Gasteiger partial charge < -0.3 is 0 Å². The second kappa shape index (κ2) is 12.0. The van der Waals surface area contributed by atoms with Crippen LogP contribution in [-0.4, -0.2) is 5.92 Å². The first-order valence-electron chi connectivity index (χ1n) is 19.5. The van der Waals surface area contributed by atoms with Crippen LogP contribution in [0.2, 0.25) is 13.1 Å². The van der Waals surface area contributed by atoms with Crippen LogP contribution in [0.4, 0.5) is 0 Å². The van der Waals surface area contributed by atoms with Crippen molar-refractivity contribution in [2.24, 2.45) is 0 Å². The zero-order valence-corrected chi connectivity index (χ0v) is 35.7. The molecule has 10 rings (SSSR count). The Morgan fingerprint density at radius 3 is 1.33 bits per heavy atom. The molecule has 0 heterocycles. The molecule has 0 radical (unpaired) electrons. The van der Waals surface area contributed by atoms with E-state index in [1.807, 2.05) is 0 Å². The van der Waals surface area contributed by atoms with Crippen LogP contribution in [0.5, 0.6) is 0 Å². The van der Waals surface area contributed by atoms with E-state index in [-0.39, 0.29) is 7.25 Å². The topological polar surface area (TPSA) is 0 Å². The molecule has 0 bridgehead atoms. The molecular weight excluding hydrogens is 767 g/mol. The molecule has 0 saturated carbocycles. The van der Waals surface area contributed by atoms with E-state index < -0.39 is 21.5 Å². The molecule has 0 amide bonds. The summed E-state index contributed by atoms with van der Waals surface area (Å²) >= 11 is -4.88. The van der Waals surface area contributed by atoms with Crippen molar-refractivity contribution in [3.63, 3.8) is 0 Å². The molecule has 4 aliphatic rings. The van der Waals surface area contributed by atoms with Crippen molar-refractivity contribution in [2.75, 3.05) is 0 Å². The van der Waals surface area contributed by atoms with Gasteiger partial charge in [-0.15, -0.1) is 0 Å². The Morgan fingerprint density at radius 2 is 0.923 bits per heavy atom. The average Bonchev–Trinajstić information content (AvgIpc) is 3.96. The molecule has 52 heavy (non-hydrogen) atoms. The predicted molar refractivity (Wildman–Crippen MR) is 226 cm³/mol. The van der Waals surface area contributed by atoms with Gasteiger partial charge in [0.05, 0.1) is 0 Å². The van der Waals surface area contributed by atoms with Gasteiger partial charge in [0.15, 0.2) is 0 Å². The standard InChI is InChI=1S/2C23H19.C2H7Si.2ClH.Zr/c2*1-2-15-13-18-6-4-7-19(22(18)14-15)20-12-11-17-10-9-16-5-3-8-21(20)23(16)17;1-3-2;;;/h2*3-8,11-14H,2,9-10H2,1H3;3H,1-2H3;2*1H;/q;;;;;+2/p-2. The van der Waals surface area contributed by atoms with Crippen molar-refractivity contribution in [2.45, 2.75) is 72.7 Å². The molecule has 0 aromatic heterocycles. The van der Waals surface area contributed by atoms with Gasteiger partial charge in [-0.1, -0.05) is 0 Å². The second-order valence-corrected chi connectivity index (χ2v) is 58.7.